The molecular formula is C37H49Cl3N4O4S. The van der Waals surface area contributed by atoms with Gasteiger partial charge in [0.1, 0.15) is 27.5 Å². The van der Waals surface area contributed by atoms with Crippen LogP contribution < -0.4 is 4.74 Å². The van der Waals surface area contributed by atoms with E-state index >= 15 is 0 Å². The summed E-state index contributed by atoms with van der Waals surface area (Å²) in [6.45, 7) is 11.6. The van der Waals surface area contributed by atoms with E-state index in [2.05, 4.69) is 37.8 Å². The average molecular weight is 752 g/mol. The van der Waals surface area contributed by atoms with Crippen LogP contribution in [-0.2, 0) is 15.3 Å². The van der Waals surface area contributed by atoms with Gasteiger partial charge in [-0.15, -0.1) is 12.4 Å². The Labute approximate surface area is 308 Å². The molecule has 0 aromatic heterocycles. The average Bonchev–Trinajstić information content (AvgIpc) is 3.24. The van der Waals surface area contributed by atoms with Gasteiger partial charge in [0.05, 0.1) is 24.0 Å². The normalized spacial score (nSPS) is 18.6. The van der Waals surface area contributed by atoms with Crippen LogP contribution in [0.15, 0.2) is 71.7 Å². The molecule has 0 radical (unpaired) electrons. The molecule has 2 atom stereocenters. The highest BCUT2D eigenvalue weighted by Gasteiger charge is 2.45. The van der Waals surface area contributed by atoms with Crippen molar-refractivity contribution in [2.24, 2.45) is 4.99 Å². The van der Waals surface area contributed by atoms with E-state index in [4.69, 9.17) is 32.9 Å². The Balaban J connectivity index is 0.00000325. The highest BCUT2D eigenvalue weighted by atomic mass is 35.5. The van der Waals surface area contributed by atoms with Gasteiger partial charge in [0.15, 0.2) is 0 Å². The van der Waals surface area contributed by atoms with Gasteiger partial charge in [-0.2, -0.15) is 0 Å². The van der Waals surface area contributed by atoms with Crippen molar-refractivity contribution in [2.75, 3.05) is 51.3 Å². The molecule has 3 aromatic rings. The standard InChI is InChI=1S/C36H44Cl2N4O4S.CH4.ClH/c1-6-46-31-24-27(36(2,3)4)12-17-30(31)34-39-32(25-8-13-28(37)14-9-25)33(26-10-15-29(38)16-11-26)42(34)35(43)41-19-7-18-40(20-21-41)22-23-47(5,44)45;;/h8-17,24,32-33H,6-7,18-23H2,1-5H3;1H4;1H/t32-,33+;;/m0../s1. The molecule has 12 heteroatoms. The maximum atomic E-state index is 14.9. The molecule has 2 aliphatic rings. The first-order chi connectivity index (χ1) is 22.2. The SMILES string of the molecule is C.CCOc1cc(C(C)(C)C)ccc1C1=N[C@@H](c2ccc(Cl)cc2)[C@@H](c2ccc(Cl)cc2)N1C(=O)N1CCCN(CCS(C)(=O)=O)CC1.Cl. The third-order valence-corrected chi connectivity index (χ3v) is 10.1. The number of hydrogen-bond donors (Lipinski definition) is 0. The zero-order valence-corrected chi connectivity index (χ0v) is 31.3. The maximum absolute atomic E-state index is 14.9. The molecule has 2 aliphatic heterocycles. The second-order valence-corrected chi connectivity index (χ2v) is 16.4. The van der Waals surface area contributed by atoms with Gasteiger partial charge in [-0.25, -0.2) is 13.2 Å². The van der Waals surface area contributed by atoms with Crippen molar-refractivity contribution in [1.82, 2.24) is 14.7 Å². The van der Waals surface area contributed by atoms with E-state index in [-0.39, 0.29) is 37.0 Å². The molecule has 3 aromatic carbocycles. The zero-order chi connectivity index (χ0) is 33.9. The fourth-order valence-electron chi connectivity index (χ4n) is 6.14. The Hall–Kier alpha value is -2.82. The second kappa shape index (κ2) is 16.9. The summed E-state index contributed by atoms with van der Waals surface area (Å²) in [6, 6.07) is 20.3. The summed E-state index contributed by atoms with van der Waals surface area (Å²) in [5.74, 6) is 1.30. The van der Waals surface area contributed by atoms with Crippen LogP contribution in [0.25, 0.3) is 0 Å². The lowest BCUT2D eigenvalue weighted by molar-refractivity contribution is 0.164. The number of halogens is 3. The Kier molecular flexibility index (Phi) is 14.0. The number of aliphatic imine (C=N–C) groups is 1. The first-order valence-electron chi connectivity index (χ1n) is 16.1. The van der Waals surface area contributed by atoms with Gasteiger partial charge in [0.25, 0.3) is 0 Å². The van der Waals surface area contributed by atoms with Crippen molar-refractivity contribution in [1.29, 1.82) is 0 Å². The lowest BCUT2D eigenvalue weighted by Crippen LogP contribution is -2.48. The first-order valence-corrected chi connectivity index (χ1v) is 18.9. The number of ether oxygens (including phenoxy) is 1. The lowest BCUT2D eigenvalue weighted by Gasteiger charge is -2.34. The Bertz CT molecular complexity index is 1710. The maximum Gasteiger partial charge on any atom is 0.326 e. The molecule has 0 bridgehead atoms. The number of urea groups is 1. The minimum atomic E-state index is -3.09. The van der Waals surface area contributed by atoms with E-state index in [0.717, 1.165) is 35.2 Å². The fourth-order valence-corrected chi connectivity index (χ4v) is 6.98. The fraction of sp³-hybridized carbons (Fsp3) is 0.459. The topological polar surface area (TPSA) is 82.5 Å². The molecule has 2 heterocycles. The van der Waals surface area contributed by atoms with Gasteiger partial charge >= 0.3 is 6.03 Å². The van der Waals surface area contributed by atoms with E-state index in [1.807, 2.05) is 71.3 Å². The second-order valence-electron chi connectivity index (χ2n) is 13.3. The molecule has 0 spiro atoms. The summed E-state index contributed by atoms with van der Waals surface area (Å²) in [6.07, 6.45) is 1.99. The Morgan fingerprint density at radius 2 is 1.53 bits per heavy atom. The molecule has 2 amide bonds. The van der Waals surface area contributed by atoms with Crippen LogP contribution in [0.3, 0.4) is 0 Å². The van der Waals surface area contributed by atoms with Gasteiger partial charge in [-0.05, 0) is 78.4 Å². The number of carbonyl (C=O) groups is 1. The predicted molar refractivity (Wildman–Crippen MR) is 205 cm³/mol. The minimum absolute atomic E-state index is 0. The van der Waals surface area contributed by atoms with Crippen LogP contribution in [0.2, 0.25) is 10.0 Å². The summed E-state index contributed by atoms with van der Waals surface area (Å²) in [4.78, 5) is 26.0. The number of amidine groups is 1. The monoisotopic (exact) mass is 750 g/mol. The summed E-state index contributed by atoms with van der Waals surface area (Å²) in [5, 5.41) is 1.22. The van der Waals surface area contributed by atoms with E-state index in [0.29, 0.717) is 54.4 Å². The number of rotatable bonds is 8. The third kappa shape index (κ3) is 9.91. The molecule has 5 rings (SSSR count). The van der Waals surface area contributed by atoms with Gasteiger partial charge < -0.3 is 14.5 Å². The van der Waals surface area contributed by atoms with Crippen molar-refractivity contribution in [3.63, 3.8) is 0 Å². The van der Waals surface area contributed by atoms with Gasteiger partial charge in [-0.3, -0.25) is 9.89 Å². The van der Waals surface area contributed by atoms with Gasteiger partial charge in [-0.1, -0.05) is 81.7 Å². The number of nitrogens with zero attached hydrogens (tertiary/aromatic N) is 4. The van der Waals surface area contributed by atoms with Crippen LogP contribution in [0.5, 0.6) is 5.75 Å². The van der Waals surface area contributed by atoms with E-state index < -0.39 is 21.9 Å². The summed E-state index contributed by atoms with van der Waals surface area (Å²) in [5.41, 5.74) is 3.58. The number of benzene rings is 3. The lowest BCUT2D eigenvalue weighted by atomic mass is 9.86. The molecule has 0 saturated carbocycles. The molecule has 0 N–H and O–H groups in total. The molecule has 268 valence electrons. The molecule has 1 saturated heterocycles. The smallest absolute Gasteiger partial charge is 0.326 e. The van der Waals surface area contributed by atoms with Gasteiger partial charge in [0.2, 0.25) is 0 Å². The minimum Gasteiger partial charge on any atom is -0.493 e. The summed E-state index contributed by atoms with van der Waals surface area (Å²) in [7, 11) is -3.09. The third-order valence-electron chi connectivity index (χ3n) is 8.72. The number of carbonyl (C=O) groups excluding carboxylic acids is 1. The molecule has 8 nitrogen and oxygen atoms in total. The molecule has 0 aliphatic carbocycles. The van der Waals surface area contributed by atoms with Crippen molar-refractivity contribution in [3.05, 3.63) is 99.0 Å². The van der Waals surface area contributed by atoms with Crippen LogP contribution >= 0.6 is 35.6 Å². The number of hydrogen-bond acceptors (Lipinski definition) is 6. The molecule has 49 heavy (non-hydrogen) atoms. The zero-order valence-electron chi connectivity index (χ0n) is 28.2. The van der Waals surface area contributed by atoms with Crippen LogP contribution in [0, 0.1) is 0 Å². The molecule has 0 unspecified atom stereocenters. The van der Waals surface area contributed by atoms with Crippen molar-refractivity contribution < 1.29 is 17.9 Å². The summed E-state index contributed by atoms with van der Waals surface area (Å²) < 4.78 is 29.9. The van der Waals surface area contributed by atoms with Gasteiger partial charge in [0, 0.05) is 42.5 Å². The highest BCUT2D eigenvalue weighted by Crippen LogP contribution is 2.46. The van der Waals surface area contributed by atoms with Crippen LogP contribution in [-0.4, -0.2) is 86.3 Å². The van der Waals surface area contributed by atoms with Crippen LogP contribution in [0.4, 0.5) is 4.79 Å². The van der Waals surface area contributed by atoms with Crippen molar-refractivity contribution >= 4 is 57.3 Å². The first kappa shape index (κ1) is 40.6. The highest BCUT2D eigenvalue weighted by molar-refractivity contribution is 7.90. The molecular weight excluding hydrogens is 703 g/mol. The number of amides is 2. The Morgan fingerprint density at radius 1 is 0.918 bits per heavy atom. The predicted octanol–water partition coefficient (Wildman–Crippen LogP) is 8.46. The quantitative estimate of drug-likeness (QED) is 0.231. The van der Waals surface area contributed by atoms with Crippen molar-refractivity contribution in [3.8, 4) is 5.75 Å². The van der Waals surface area contributed by atoms with E-state index in [1.165, 1.54) is 6.26 Å². The largest absolute Gasteiger partial charge is 0.493 e. The van der Waals surface area contributed by atoms with Crippen LogP contribution in [0.1, 0.15) is 75.9 Å². The van der Waals surface area contributed by atoms with E-state index in [9.17, 15) is 13.2 Å². The Morgan fingerprint density at radius 3 is 2.10 bits per heavy atom. The molecule has 1 fully saturated rings. The summed E-state index contributed by atoms with van der Waals surface area (Å²) >= 11 is 12.6. The van der Waals surface area contributed by atoms with E-state index in [1.54, 1.807) is 0 Å². The number of sulfone groups is 1. The van der Waals surface area contributed by atoms with Crippen molar-refractivity contribution in [2.45, 2.75) is 59.0 Å².